The van der Waals surface area contributed by atoms with Crippen LogP contribution in [0.15, 0.2) is 60.2 Å². The Morgan fingerprint density at radius 1 is 1.23 bits per heavy atom. The van der Waals surface area contributed by atoms with Crippen LogP contribution in [0, 0.1) is 6.92 Å². The van der Waals surface area contributed by atoms with E-state index in [9.17, 15) is 5.11 Å². The number of nitrogens with zero attached hydrogens (tertiary/aromatic N) is 5. The number of aromatic nitrogens is 4. The van der Waals surface area contributed by atoms with Crippen molar-refractivity contribution >= 4 is 17.7 Å². The van der Waals surface area contributed by atoms with Crippen LogP contribution in [0.2, 0.25) is 0 Å². The molecule has 3 aromatic heterocycles. The Morgan fingerprint density at radius 2 is 2.06 bits per heavy atom. The number of ether oxygens (including phenoxy) is 1. The number of nitrogens with two attached hydrogens (primary N) is 1. The number of nitrogens with one attached hydrogen (secondary N) is 2. The summed E-state index contributed by atoms with van der Waals surface area (Å²) < 4.78 is 9.52. The van der Waals surface area contributed by atoms with E-state index < -0.39 is 5.60 Å². The Morgan fingerprint density at radius 3 is 2.83 bits per heavy atom. The van der Waals surface area contributed by atoms with Gasteiger partial charge in [0.15, 0.2) is 5.65 Å². The molecule has 0 radical (unpaired) electrons. The Labute approximate surface area is 203 Å². The number of fused-ring (bicyclic) bond motifs is 1. The van der Waals surface area contributed by atoms with Crippen LogP contribution in [0.25, 0.3) is 5.65 Å². The van der Waals surface area contributed by atoms with E-state index in [1.54, 1.807) is 9.19 Å². The van der Waals surface area contributed by atoms with E-state index in [0.29, 0.717) is 18.6 Å². The molecule has 1 saturated heterocycles. The highest BCUT2D eigenvalue weighted by Crippen LogP contribution is 2.37. The monoisotopic (exact) mass is 474 g/mol. The van der Waals surface area contributed by atoms with Crippen LogP contribution in [-0.4, -0.2) is 43.8 Å². The van der Waals surface area contributed by atoms with Crippen LogP contribution in [0.3, 0.4) is 0 Å². The number of hydrogen-bond acceptors (Lipinski definition) is 7. The summed E-state index contributed by atoms with van der Waals surface area (Å²) in [5.74, 6) is 1.45. The summed E-state index contributed by atoms with van der Waals surface area (Å²) in [5.41, 5.74) is 9.11. The Hall–Kier alpha value is -3.89. The van der Waals surface area contributed by atoms with Crippen LogP contribution in [0.5, 0.6) is 11.5 Å². The van der Waals surface area contributed by atoms with Crippen LogP contribution in [0.1, 0.15) is 42.6 Å². The third kappa shape index (κ3) is 4.58. The van der Waals surface area contributed by atoms with Gasteiger partial charge in [0.25, 0.3) is 0 Å². The second-order valence-corrected chi connectivity index (χ2v) is 8.88. The van der Waals surface area contributed by atoms with Gasteiger partial charge in [-0.1, -0.05) is 0 Å². The minimum atomic E-state index is -0.898. The number of aryl methyl sites for hydroxylation is 1. The van der Waals surface area contributed by atoms with E-state index in [2.05, 4.69) is 32.7 Å². The minimum Gasteiger partial charge on any atom is -0.457 e. The quantitative estimate of drug-likeness (QED) is 0.239. The van der Waals surface area contributed by atoms with Crippen LogP contribution >= 0.6 is 0 Å². The molecule has 1 fully saturated rings. The van der Waals surface area contributed by atoms with Crippen molar-refractivity contribution < 1.29 is 9.84 Å². The van der Waals surface area contributed by atoms with E-state index in [1.807, 2.05) is 55.7 Å². The van der Waals surface area contributed by atoms with Gasteiger partial charge in [0.05, 0.1) is 17.3 Å². The lowest BCUT2D eigenvalue weighted by atomic mass is 9.84. The molecule has 0 saturated carbocycles. The molecule has 1 aromatic carbocycles. The maximum absolute atomic E-state index is 11.4. The molecule has 0 aliphatic carbocycles. The fourth-order valence-corrected chi connectivity index (χ4v) is 4.70. The summed E-state index contributed by atoms with van der Waals surface area (Å²) in [7, 11) is 0. The first kappa shape index (κ1) is 22.9. The van der Waals surface area contributed by atoms with Crippen molar-refractivity contribution in [3.05, 3.63) is 71.9 Å². The molecule has 35 heavy (non-hydrogen) atoms. The van der Waals surface area contributed by atoms with Crippen molar-refractivity contribution in [3.8, 4) is 11.5 Å². The molecule has 182 valence electrons. The first-order valence-electron chi connectivity index (χ1n) is 11.7. The summed E-state index contributed by atoms with van der Waals surface area (Å²) >= 11 is 0. The Kier molecular flexibility index (Phi) is 6.14. The first-order chi connectivity index (χ1) is 17.0. The van der Waals surface area contributed by atoms with Gasteiger partial charge in [-0.2, -0.15) is 10.2 Å². The van der Waals surface area contributed by atoms with E-state index in [1.165, 1.54) is 12.7 Å². The zero-order valence-corrected chi connectivity index (χ0v) is 19.8. The molecule has 4 heterocycles. The van der Waals surface area contributed by atoms with Crippen molar-refractivity contribution in [2.75, 3.05) is 18.4 Å². The first-order valence-corrected chi connectivity index (χ1v) is 11.7. The molecule has 1 unspecified atom stereocenters. The van der Waals surface area contributed by atoms with E-state index in [4.69, 9.17) is 10.5 Å². The minimum absolute atomic E-state index is 0.135. The lowest BCUT2D eigenvalue weighted by Gasteiger charge is -2.34. The van der Waals surface area contributed by atoms with Gasteiger partial charge in [-0.25, -0.2) is 14.2 Å². The van der Waals surface area contributed by atoms with Gasteiger partial charge >= 0.3 is 0 Å². The molecule has 10 nitrogen and oxygen atoms in total. The van der Waals surface area contributed by atoms with Crippen molar-refractivity contribution in [2.45, 2.75) is 38.3 Å². The molecule has 10 heteroatoms. The molecule has 1 aliphatic rings. The van der Waals surface area contributed by atoms with Gasteiger partial charge in [0.2, 0.25) is 0 Å². The highest BCUT2D eigenvalue weighted by atomic mass is 16.5. The second-order valence-electron chi connectivity index (χ2n) is 8.88. The topological polar surface area (TPSA) is 127 Å². The SMILES string of the molecule is Cc1cc(NC(C)c2c(C3(O)CCNCC3)ccn2/N=C\N)ccc1Oc1ccn2ncnc2c1. The smallest absolute Gasteiger partial charge is 0.158 e. The fraction of sp³-hybridized carbons (Fsp3) is 0.320. The predicted molar refractivity (Wildman–Crippen MR) is 135 cm³/mol. The number of pyridine rings is 1. The van der Waals surface area contributed by atoms with Gasteiger partial charge in [-0.15, -0.1) is 0 Å². The highest BCUT2D eigenvalue weighted by Gasteiger charge is 2.36. The number of rotatable bonds is 7. The largest absolute Gasteiger partial charge is 0.457 e. The lowest BCUT2D eigenvalue weighted by Crippen LogP contribution is -2.40. The number of benzene rings is 1. The van der Waals surface area contributed by atoms with E-state index in [0.717, 1.165) is 47.0 Å². The third-order valence-electron chi connectivity index (χ3n) is 6.48. The molecule has 4 aromatic rings. The summed E-state index contributed by atoms with van der Waals surface area (Å²) in [4.78, 5) is 4.20. The lowest BCUT2D eigenvalue weighted by molar-refractivity contribution is 0.00490. The standard InChI is InChI=1S/C25H30N8O2/c1-17-13-19(3-4-22(17)35-20-5-11-32-23(14-20)28-16-30-32)31-18(2)24-21(6-12-33(24)29-15-26)25(34)7-9-27-10-8-25/h3-6,11-16,18,27,31,34H,7-10H2,1-2H3,(H2,26,29). The zero-order valence-electron chi connectivity index (χ0n) is 19.8. The number of anilines is 1. The van der Waals surface area contributed by atoms with Gasteiger partial charge in [0.1, 0.15) is 24.2 Å². The molecular formula is C25H30N8O2. The molecule has 5 rings (SSSR count). The van der Waals surface area contributed by atoms with Crippen LogP contribution in [0.4, 0.5) is 5.69 Å². The normalized spacial score (nSPS) is 16.5. The third-order valence-corrected chi connectivity index (χ3v) is 6.48. The number of hydrogen-bond donors (Lipinski definition) is 4. The van der Waals surface area contributed by atoms with Crippen molar-refractivity contribution in [1.29, 1.82) is 0 Å². The van der Waals surface area contributed by atoms with Gasteiger partial charge < -0.3 is 26.2 Å². The fourth-order valence-electron chi connectivity index (χ4n) is 4.70. The highest BCUT2D eigenvalue weighted by molar-refractivity contribution is 5.54. The molecule has 0 amide bonds. The average Bonchev–Trinajstić information content (AvgIpc) is 3.49. The summed E-state index contributed by atoms with van der Waals surface area (Å²) in [6.45, 7) is 5.60. The van der Waals surface area contributed by atoms with Gasteiger partial charge in [-0.3, -0.25) is 0 Å². The average molecular weight is 475 g/mol. The van der Waals surface area contributed by atoms with Crippen molar-refractivity contribution in [3.63, 3.8) is 0 Å². The van der Waals surface area contributed by atoms with Crippen molar-refractivity contribution in [1.82, 2.24) is 24.6 Å². The molecule has 0 bridgehead atoms. The van der Waals surface area contributed by atoms with E-state index >= 15 is 0 Å². The molecule has 5 N–H and O–H groups in total. The van der Waals surface area contributed by atoms with E-state index in [-0.39, 0.29) is 6.04 Å². The molecular weight excluding hydrogens is 444 g/mol. The zero-order chi connectivity index (χ0) is 24.4. The Balaban J connectivity index is 1.37. The molecule has 1 aliphatic heterocycles. The summed E-state index contributed by atoms with van der Waals surface area (Å²) in [5, 5.41) is 26.7. The van der Waals surface area contributed by atoms with Gasteiger partial charge in [-0.05, 0) is 75.7 Å². The second kappa shape index (κ2) is 9.40. The van der Waals surface area contributed by atoms with Crippen LogP contribution in [-0.2, 0) is 5.60 Å². The maximum atomic E-state index is 11.4. The number of aliphatic hydroxyl groups is 1. The maximum Gasteiger partial charge on any atom is 0.158 e. The summed E-state index contributed by atoms with van der Waals surface area (Å²) in [6.07, 6.45) is 7.73. The molecule has 1 atom stereocenters. The molecule has 0 spiro atoms. The Bertz CT molecular complexity index is 1350. The van der Waals surface area contributed by atoms with Crippen LogP contribution < -0.4 is 21.1 Å². The number of piperidine rings is 1. The summed E-state index contributed by atoms with van der Waals surface area (Å²) in [6, 6.07) is 11.5. The van der Waals surface area contributed by atoms with Gasteiger partial charge in [0, 0.05) is 29.7 Å². The van der Waals surface area contributed by atoms with Crippen molar-refractivity contribution in [2.24, 2.45) is 10.8 Å². The predicted octanol–water partition coefficient (Wildman–Crippen LogP) is 3.13.